The Morgan fingerprint density at radius 3 is 2.76 bits per heavy atom. The van der Waals surface area contributed by atoms with Crippen LogP contribution in [-0.2, 0) is 0 Å². The highest BCUT2D eigenvalue weighted by atomic mass is 35.5. The predicted molar refractivity (Wildman–Crippen MR) is 109 cm³/mol. The number of carboxylic acids is 1. The summed E-state index contributed by atoms with van der Waals surface area (Å²) in [6, 6.07) is 1.17. The number of benzene rings is 1. The molecule has 1 saturated carbocycles. The van der Waals surface area contributed by atoms with Crippen molar-refractivity contribution in [2.24, 2.45) is 11.7 Å². The van der Waals surface area contributed by atoms with E-state index < -0.39 is 22.8 Å². The van der Waals surface area contributed by atoms with E-state index >= 15 is 4.39 Å². The van der Waals surface area contributed by atoms with Crippen molar-refractivity contribution in [3.63, 3.8) is 0 Å². The lowest BCUT2D eigenvalue weighted by Gasteiger charge is -2.27. The van der Waals surface area contributed by atoms with Crippen LogP contribution in [0.1, 0.15) is 29.2 Å². The lowest BCUT2D eigenvalue weighted by atomic mass is 9.85. The quantitative estimate of drug-likeness (QED) is 0.804. The van der Waals surface area contributed by atoms with Crippen LogP contribution >= 0.6 is 11.6 Å². The van der Waals surface area contributed by atoms with Gasteiger partial charge in [-0.2, -0.15) is 0 Å². The van der Waals surface area contributed by atoms with Crippen LogP contribution in [0.2, 0.25) is 5.02 Å². The van der Waals surface area contributed by atoms with E-state index in [9.17, 15) is 14.7 Å². The summed E-state index contributed by atoms with van der Waals surface area (Å²) in [4.78, 5) is 26.0. The van der Waals surface area contributed by atoms with Crippen LogP contribution in [0, 0.1) is 11.7 Å². The minimum atomic E-state index is -1.33. The van der Waals surface area contributed by atoms with Crippen LogP contribution < -0.4 is 16.1 Å². The van der Waals surface area contributed by atoms with E-state index in [4.69, 9.17) is 17.3 Å². The maximum Gasteiger partial charge on any atom is 0.341 e. The number of carbonyl (C=O) groups is 1. The lowest BCUT2D eigenvalue weighted by Crippen LogP contribution is -2.46. The van der Waals surface area contributed by atoms with E-state index in [0.717, 1.165) is 18.9 Å². The predicted octanol–water partition coefficient (Wildman–Crippen LogP) is 3.09. The van der Waals surface area contributed by atoms with E-state index in [-0.39, 0.29) is 33.6 Å². The van der Waals surface area contributed by atoms with Gasteiger partial charge in [-0.1, -0.05) is 35.9 Å². The largest absolute Gasteiger partial charge is 0.477 e. The molecule has 0 amide bonds. The molecule has 0 radical (unpaired) electrons. The van der Waals surface area contributed by atoms with Gasteiger partial charge in [-0.15, -0.1) is 0 Å². The highest BCUT2D eigenvalue weighted by molar-refractivity contribution is 6.38. The van der Waals surface area contributed by atoms with Crippen LogP contribution in [0.3, 0.4) is 0 Å². The molecule has 1 saturated heterocycles. The Bertz CT molecular complexity index is 1180. The molecule has 0 spiro atoms. The molecule has 6 nitrogen and oxygen atoms in total. The van der Waals surface area contributed by atoms with Gasteiger partial charge < -0.3 is 20.3 Å². The summed E-state index contributed by atoms with van der Waals surface area (Å²) < 4.78 is 16.9. The monoisotopic (exact) mass is 415 g/mol. The summed E-state index contributed by atoms with van der Waals surface area (Å²) in [6.45, 7) is 0.891. The van der Waals surface area contributed by atoms with Crippen molar-refractivity contribution in [2.75, 3.05) is 18.0 Å². The zero-order chi connectivity index (χ0) is 20.5. The Balaban J connectivity index is 1.73. The Morgan fingerprint density at radius 1 is 1.34 bits per heavy atom. The smallest absolute Gasteiger partial charge is 0.341 e. The van der Waals surface area contributed by atoms with Crippen molar-refractivity contribution in [1.82, 2.24) is 4.57 Å². The first-order valence-electron chi connectivity index (χ1n) is 9.50. The lowest BCUT2D eigenvalue weighted by molar-refractivity contribution is 0.0695. The van der Waals surface area contributed by atoms with Gasteiger partial charge in [0.1, 0.15) is 11.4 Å². The second-order valence-electron chi connectivity index (χ2n) is 8.08. The van der Waals surface area contributed by atoms with Gasteiger partial charge in [-0.05, 0) is 18.9 Å². The van der Waals surface area contributed by atoms with E-state index in [1.165, 1.54) is 6.20 Å². The summed E-state index contributed by atoms with van der Waals surface area (Å²) in [5.74, 6) is -1.96. The number of hydrogen-bond donors (Lipinski definition) is 2. The average molecular weight is 416 g/mol. The first-order valence-corrected chi connectivity index (χ1v) is 9.88. The third kappa shape index (κ3) is 2.72. The van der Waals surface area contributed by atoms with Crippen molar-refractivity contribution in [1.29, 1.82) is 0 Å². The van der Waals surface area contributed by atoms with E-state index in [1.807, 2.05) is 29.2 Å². The number of halogens is 2. The Morgan fingerprint density at radius 2 is 2.10 bits per heavy atom. The van der Waals surface area contributed by atoms with Gasteiger partial charge >= 0.3 is 5.97 Å². The molecule has 8 heteroatoms. The molecule has 2 aromatic rings. The molecule has 1 aromatic carbocycles. The molecule has 3 aliphatic rings. The summed E-state index contributed by atoms with van der Waals surface area (Å²) in [7, 11) is 0. The Labute approximate surface area is 170 Å². The molecule has 29 heavy (non-hydrogen) atoms. The maximum absolute atomic E-state index is 15.2. The van der Waals surface area contributed by atoms with Gasteiger partial charge in [0, 0.05) is 31.2 Å². The molecule has 150 valence electrons. The minimum absolute atomic E-state index is 0.0121. The SMILES string of the molecule is N[C@]12C=CC=C[C@H]1CN(c1c(F)cc3c(=O)c(C(=O)O)cn(C4CC4)c3c1Cl)C2. The first-order chi connectivity index (χ1) is 13.8. The number of anilines is 1. The molecular formula is C21H19ClFN3O3. The number of aromatic carboxylic acids is 1. The molecule has 0 bridgehead atoms. The molecule has 0 unspecified atom stereocenters. The molecule has 2 atom stereocenters. The molecule has 5 rings (SSSR count). The van der Waals surface area contributed by atoms with Gasteiger partial charge in [0.15, 0.2) is 0 Å². The van der Waals surface area contributed by atoms with Crippen molar-refractivity contribution >= 4 is 34.2 Å². The van der Waals surface area contributed by atoms with Crippen molar-refractivity contribution in [2.45, 2.75) is 24.4 Å². The van der Waals surface area contributed by atoms with Gasteiger partial charge in [-0.25, -0.2) is 9.18 Å². The van der Waals surface area contributed by atoms with Crippen LogP contribution in [0.5, 0.6) is 0 Å². The number of nitrogens with two attached hydrogens (primary N) is 1. The van der Waals surface area contributed by atoms with Crippen molar-refractivity contribution in [3.8, 4) is 0 Å². The zero-order valence-corrected chi connectivity index (χ0v) is 16.2. The number of carboxylic acid groups (broad SMARTS) is 1. The number of nitrogens with zero attached hydrogens (tertiary/aromatic N) is 2. The Kier molecular flexibility index (Phi) is 3.92. The summed E-state index contributed by atoms with van der Waals surface area (Å²) in [5, 5.41) is 9.50. The van der Waals surface area contributed by atoms with E-state index in [2.05, 4.69) is 0 Å². The number of fused-ring (bicyclic) bond motifs is 2. The number of allylic oxidation sites excluding steroid dienone is 2. The number of aromatic nitrogens is 1. The summed E-state index contributed by atoms with van der Waals surface area (Å²) >= 11 is 6.68. The molecule has 2 aliphatic carbocycles. The standard InChI is InChI=1S/C21H19ClFN3O3/c22-16-17-13(19(27)14(20(28)29)9-26(17)12-4-5-12)7-15(23)18(16)25-8-11-3-1-2-6-21(11,24)10-25/h1-3,6-7,9,11-12H,4-5,8,10,24H2,(H,28,29)/t11-,21-/m0/s1. The van der Waals surface area contributed by atoms with Gasteiger partial charge in [0.05, 0.1) is 27.2 Å². The zero-order valence-electron chi connectivity index (χ0n) is 15.4. The second kappa shape index (κ2) is 6.18. The summed E-state index contributed by atoms with van der Waals surface area (Å²) in [6.07, 6.45) is 10.8. The second-order valence-corrected chi connectivity index (χ2v) is 8.45. The summed E-state index contributed by atoms with van der Waals surface area (Å²) in [5.41, 5.74) is 5.38. The number of pyridine rings is 1. The highest BCUT2D eigenvalue weighted by Gasteiger charge is 2.43. The van der Waals surface area contributed by atoms with Crippen LogP contribution in [0.4, 0.5) is 10.1 Å². The van der Waals surface area contributed by atoms with Crippen LogP contribution in [0.25, 0.3) is 10.9 Å². The fourth-order valence-electron chi connectivity index (χ4n) is 4.45. The fraction of sp³-hybridized carbons (Fsp3) is 0.333. The molecular weight excluding hydrogens is 397 g/mol. The first kappa shape index (κ1) is 18.4. The van der Waals surface area contributed by atoms with Gasteiger partial charge in [-0.3, -0.25) is 4.79 Å². The molecule has 1 aliphatic heterocycles. The van der Waals surface area contributed by atoms with Crippen molar-refractivity contribution < 1.29 is 14.3 Å². The van der Waals surface area contributed by atoms with Crippen molar-refractivity contribution in [3.05, 3.63) is 63.2 Å². The highest BCUT2D eigenvalue weighted by Crippen LogP contribution is 2.44. The maximum atomic E-state index is 15.2. The number of hydrogen-bond acceptors (Lipinski definition) is 4. The van der Waals surface area contributed by atoms with E-state index in [1.54, 1.807) is 4.57 Å². The van der Waals surface area contributed by atoms with Crippen LogP contribution in [0.15, 0.2) is 41.4 Å². The fourth-order valence-corrected chi connectivity index (χ4v) is 4.86. The third-order valence-corrected chi connectivity index (χ3v) is 6.46. The topological polar surface area (TPSA) is 88.6 Å². The van der Waals surface area contributed by atoms with Gasteiger partial charge in [0.2, 0.25) is 5.43 Å². The Hall–Kier alpha value is -2.64. The minimum Gasteiger partial charge on any atom is -0.477 e. The van der Waals surface area contributed by atoms with Crippen LogP contribution in [-0.4, -0.2) is 34.3 Å². The molecule has 1 aromatic heterocycles. The number of rotatable bonds is 3. The molecule has 2 fully saturated rings. The van der Waals surface area contributed by atoms with Gasteiger partial charge in [0.25, 0.3) is 0 Å². The normalized spacial score (nSPS) is 25.6. The molecule has 3 N–H and O–H groups in total. The molecule has 2 heterocycles. The average Bonchev–Trinajstić information content (AvgIpc) is 3.43. The van der Waals surface area contributed by atoms with E-state index in [0.29, 0.717) is 18.6 Å². The third-order valence-electron chi connectivity index (χ3n) is 6.10.